The number of rotatable bonds is 6. The minimum Gasteiger partial charge on any atom is -0.380 e. The number of ether oxygens (including phenoxy) is 1. The molecule has 0 spiro atoms. The topological polar surface area (TPSA) is 70.7 Å². The second kappa shape index (κ2) is 8.68. The van der Waals surface area contributed by atoms with Gasteiger partial charge in [0, 0.05) is 25.9 Å². The number of hydrogen-bond acceptors (Lipinski definition) is 3. The van der Waals surface area contributed by atoms with Crippen molar-refractivity contribution >= 4 is 17.6 Å². The van der Waals surface area contributed by atoms with E-state index in [4.69, 9.17) is 4.74 Å². The number of methoxy groups -OCH3 is 1. The highest BCUT2D eigenvalue weighted by Crippen LogP contribution is 2.16. The van der Waals surface area contributed by atoms with Crippen LogP contribution in [0.15, 0.2) is 48.5 Å². The van der Waals surface area contributed by atoms with Gasteiger partial charge in [-0.15, -0.1) is 0 Å². The van der Waals surface area contributed by atoms with Gasteiger partial charge in [0.15, 0.2) is 0 Å². The number of hydrogen-bond donors (Lipinski definition) is 2. The third-order valence-corrected chi connectivity index (χ3v) is 4.62. The Morgan fingerprint density at radius 1 is 1.11 bits per heavy atom. The Bertz CT molecular complexity index is 787. The highest BCUT2D eigenvalue weighted by molar-refractivity contribution is 5.94. The number of carbonyl (C=O) groups is 2. The van der Waals surface area contributed by atoms with E-state index in [0.717, 1.165) is 11.1 Å². The van der Waals surface area contributed by atoms with E-state index in [2.05, 4.69) is 10.6 Å². The molecule has 1 unspecified atom stereocenters. The van der Waals surface area contributed by atoms with E-state index in [1.165, 1.54) is 5.56 Å². The summed E-state index contributed by atoms with van der Waals surface area (Å²) in [6, 6.07) is 14.7. The predicted molar refractivity (Wildman–Crippen MR) is 104 cm³/mol. The zero-order valence-electron chi connectivity index (χ0n) is 15.7. The molecule has 1 atom stereocenters. The Morgan fingerprint density at radius 3 is 2.44 bits per heavy atom. The van der Waals surface area contributed by atoms with Gasteiger partial charge in [0.05, 0.1) is 6.61 Å². The van der Waals surface area contributed by atoms with E-state index in [0.29, 0.717) is 31.8 Å². The first-order valence-electron chi connectivity index (χ1n) is 9.05. The Kier molecular flexibility index (Phi) is 6.08. The van der Waals surface area contributed by atoms with Crippen LogP contribution in [-0.4, -0.2) is 36.5 Å². The maximum absolute atomic E-state index is 12.6. The van der Waals surface area contributed by atoms with Crippen LogP contribution in [0.5, 0.6) is 0 Å². The van der Waals surface area contributed by atoms with Crippen molar-refractivity contribution in [3.05, 3.63) is 65.2 Å². The molecule has 2 aromatic carbocycles. The Morgan fingerprint density at radius 2 is 1.78 bits per heavy atom. The lowest BCUT2D eigenvalue weighted by Crippen LogP contribution is -2.43. The Hall–Kier alpha value is -2.86. The maximum atomic E-state index is 12.6. The minimum atomic E-state index is -0.483. The second-order valence-corrected chi connectivity index (χ2v) is 6.82. The number of anilines is 1. The van der Waals surface area contributed by atoms with Crippen LogP contribution >= 0.6 is 0 Å². The van der Waals surface area contributed by atoms with Crippen LogP contribution in [0.4, 0.5) is 10.5 Å². The van der Waals surface area contributed by atoms with Crippen LogP contribution in [0, 0.1) is 6.92 Å². The molecule has 1 heterocycles. The van der Waals surface area contributed by atoms with Crippen LogP contribution < -0.4 is 10.6 Å². The van der Waals surface area contributed by atoms with Crippen molar-refractivity contribution in [2.24, 2.45) is 0 Å². The Labute approximate surface area is 159 Å². The summed E-state index contributed by atoms with van der Waals surface area (Å²) < 4.78 is 5.07. The van der Waals surface area contributed by atoms with Crippen molar-refractivity contribution in [3.63, 3.8) is 0 Å². The van der Waals surface area contributed by atoms with Gasteiger partial charge < -0.3 is 20.3 Å². The molecule has 6 nitrogen and oxygen atoms in total. The molecule has 27 heavy (non-hydrogen) atoms. The van der Waals surface area contributed by atoms with Crippen LogP contribution in [0.1, 0.15) is 23.1 Å². The molecule has 3 rings (SSSR count). The molecule has 1 saturated heterocycles. The fraction of sp³-hybridized carbons (Fsp3) is 0.333. The number of nitrogens with one attached hydrogen (secondary N) is 2. The van der Waals surface area contributed by atoms with E-state index in [9.17, 15) is 9.59 Å². The summed E-state index contributed by atoms with van der Waals surface area (Å²) in [5, 5.41) is 5.54. The molecular formula is C21H25N3O3. The first-order valence-corrected chi connectivity index (χ1v) is 9.05. The van der Waals surface area contributed by atoms with Crippen molar-refractivity contribution in [2.75, 3.05) is 19.0 Å². The van der Waals surface area contributed by atoms with Gasteiger partial charge in [-0.05, 0) is 36.6 Å². The largest absolute Gasteiger partial charge is 0.380 e. The average molecular weight is 367 g/mol. The molecule has 2 aromatic rings. The SMILES string of the molecule is COCc1ccc(NC(=O)NC2CCN(Cc3ccc(C)cc3)C2=O)cc1. The lowest BCUT2D eigenvalue weighted by Gasteiger charge is -2.17. The number of carbonyl (C=O) groups excluding carboxylic acids is 2. The molecule has 6 heteroatoms. The van der Waals surface area contributed by atoms with Gasteiger partial charge in [0.25, 0.3) is 0 Å². The summed E-state index contributed by atoms with van der Waals surface area (Å²) in [6.07, 6.45) is 0.616. The van der Waals surface area contributed by atoms with E-state index in [-0.39, 0.29) is 11.9 Å². The molecule has 0 aliphatic carbocycles. The normalized spacial score (nSPS) is 16.4. The third kappa shape index (κ3) is 5.08. The lowest BCUT2D eigenvalue weighted by molar-refractivity contribution is -0.129. The predicted octanol–water partition coefficient (Wildman–Crippen LogP) is 3.06. The first kappa shape index (κ1) is 18.9. The van der Waals surface area contributed by atoms with Gasteiger partial charge in [0.2, 0.25) is 5.91 Å². The molecule has 0 saturated carbocycles. The monoisotopic (exact) mass is 367 g/mol. The Balaban J connectivity index is 1.51. The highest BCUT2D eigenvalue weighted by Gasteiger charge is 2.32. The summed E-state index contributed by atoms with van der Waals surface area (Å²) >= 11 is 0. The standard InChI is InChI=1S/C21H25N3O3/c1-15-3-5-16(6-4-15)13-24-12-11-19(20(24)25)23-21(26)22-18-9-7-17(8-10-18)14-27-2/h3-10,19H,11-14H2,1-2H3,(H2,22,23,26). The molecule has 1 fully saturated rings. The molecule has 0 bridgehead atoms. The molecule has 2 N–H and O–H groups in total. The molecule has 1 aliphatic heterocycles. The number of benzene rings is 2. The molecule has 1 aliphatic rings. The van der Waals surface area contributed by atoms with Crippen LogP contribution in [-0.2, 0) is 22.7 Å². The number of nitrogens with zero attached hydrogens (tertiary/aromatic N) is 1. The van der Waals surface area contributed by atoms with Gasteiger partial charge >= 0.3 is 6.03 Å². The van der Waals surface area contributed by atoms with E-state index < -0.39 is 6.04 Å². The molecular weight excluding hydrogens is 342 g/mol. The summed E-state index contributed by atoms with van der Waals surface area (Å²) in [7, 11) is 1.64. The van der Waals surface area contributed by atoms with Crippen molar-refractivity contribution in [1.82, 2.24) is 10.2 Å². The van der Waals surface area contributed by atoms with Crippen LogP contribution in [0.25, 0.3) is 0 Å². The van der Waals surface area contributed by atoms with E-state index >= 15 is 0 Å². The zero-order chi connectivity index (χ0) is 19.2. The smallest absolute Gasteiger partial charge is 0.319 e. The van der Waals surface area contributed by atoms with Crippen molar-refractivity contribution < 1.29 is 14.3 Å². The van der Waals surface area contributed by atoms with E-state index in [1.807, 2.05) is 55.5 Å². The molecule has 0 radical (unpaired) electrons. The molecule has 142 valence electrons. The average Bonchev–Trinajstić information content (AvgIpc) is 2.99. The number of urea groups is 1. The van der Waals surface area contributed by atoms with Crippen molar-refractivity contribution in [2.45, 2.75) is 32.5 Å². The van der Waals surface area contributed by atoms with Gasteiger partial charge in [-0.2, -0.15) is 0 Å². The maximum Gasteiger partial charge on any atom is 0.319 e. The zero-order valence-corrected chi connectivity index (χ0v) is 15.7. The summed E-state index contributed by atoms with van der Waals surface area (Å²) in [4.78, 5) is 26.5. The molecule has 0 aromatic heterocycles. The summed E-state index contributed by atoms with van der Waals surface area (Å²) in [5.41, 5.74) is 3.99. The van der Waals surface area contributed by atoms with E-state index in [1.54, 1.807) is 12.0 Å². The second-order valence-electron chi connectivity index (χ2n) is 6.82. The fourth-order valence-electron chi connectivity index (χ4n) is 3.12. The summed E-state index contributed by atoms with van der Waals surface area (Å²) in [5.74, 6) is -0.0406. The van der Waals surface area contributed by atoms with Crippen LogP contribution in [0.3, 0.4) is 0 Å². The lowest BCUT2D eigenvalue weighted by atomic mass is 10.1. The summed E-state index contributed by atoms with van der Waals surface area (Å²) in [6.45, 7) is 3.78. The number of likely N-dealkylation sites (tertiary alicyclic amines) is 1. The number of amides is 3. The van der Waals surface area contributed by atoms with Gasteiger partial charge in [-0.1, -0.05) is 42.0 Å². The van der Waals surface area contributed by atoms with Crippen molar-refractivity contribution in [3.8, 4) is 0 Å². The van der Waals surface area contributed by atoms with Gasteiger partial charge in [-0.3, -0.25) is 4.79 Å². The molecule has 3 amide bonds. The third-order valence-electron chi connectivity index (χ3n) is 4.62. The van der Waals surface area contributed by atoms with Gasteiger partial charge in [-0.25, -0.2) is 4.79 Å². The first-order chi connectivity index (χ1) is 13.0. The fourth-order valence-corrected chi connectivity index (χ4v) is 3.12. The van der Waals surface area contributed by atoms with Crippen molar-refractivity contribution in [1.29, 1.82) is 0 Å². The quantitative estimate of drug-likeness (QED) is 0.824. The minimum absolute atomic E-state index is 0.0406. The highest BCUT2D eigenvalue weighted by atomic mass is 16.5. The number of aryl methyl sites for hydroxylation is 1. The van der Waals surface area contributed by atoms with Gasteiger partial charge in [0.1, 0.15) is 6.04 Å². The van der Waals surface area contributed by atoms with Crippen LogP contribution in [0.2, 0.25) is 0 Å².